The number of hydrogen-bond acceptors (Lipinski definition) is 3. The Kier molecular flexibility index (Phi) is 11.2. The van der Waals surface area contributed by atoms with Gasteiger partial charge in [-0.05, 0) is 53.0 Å². The molecule has 3 nitrogen and oxygen atoms in total. The molecule has 3 aromatic carbocycles. The molecule has 0 saturated heterocycles. The summed E-state index contributed by atoms with van der Waals surface area (Å²) < 4.78 is 18.1. The van der Waals surface area contributed by atoms with Gasteiger partial charge in [0.1, 0.15) is 5.75 Å². The molecule has 0 bridgehead atoms. The summed E-state index contributed by atoms with van der Waals surface area (Å²) >= 11 is 0. The van der Waals surface area contributed by atoms with E-state index in [1.807, 2.05) is 20.3 Å². The van der Waals surface area contributed by atoms with Crippen LogP contribution in [0.2, 0.25) is 0 Å². The zero-order chi connectivity index (χ0) is 28.6. The standard InChI is InChI=1S/C35H49O3P/c1-25(2)22-34(5,24-36-7)39-35(6,33(38-9)26(3)4)23-31-28(27-16-11-10-12-17-27)19-15-20-29(31)30-18-13-14-21-32(30)37-8/h10-21,25-26,33,39H,22-24H2,1-9H3. The second-order valence-electron chi connectivity index (χ2n) is 12.1. The van der Waals surface area contributed by atoms with Gasteiger partial charge in [-0.2, -0.15) is 0 Å². The van der Waals surface area contributed by atoms with Crippen LogP contribution >= 0.6 is 8.58 Å². The van der Waals surface area contributed by atoms with Gasteiger partial charge in [0, 0.05) is 30.1 Å². The maximum absolute atomic E-state index is 6.36. The second kappa shape index (κ2) is 13.9. The van der Waals surface area contributed by atoms with Crippen molar-refractivity contribution in [2.75, 3.05) is 27.9 Å². The first-order chi connectivity index (χ1) is 18.6. The van der Waals surface area contributed by atoms with Gasteiger partial charge < -0.3 is 14.2 Å². The second-order valence-corrected chi connectivity index (χ2v) is 14.7. The number of benzene rings is 3. The highest BCUT2D eigenvalue weighted by molar-refractivity contribution is 7.42. The minimum Gasteiger partial charge on any atom is -0.496 e. The van der Waals surface area contributed by atoms with E-state index >= 15 is 0 Å². The number of rotatable bonds is 14. The maximum atomic E-state index is 6.36. The smallest absolute Gasteiger partial charge is 0.126 e. The summed E-state index contributed by atoms with van der Waals surface area (Å²) in [6.07, 6.45) is 2.09. The monoisotopic (exact) mass is 548 g/mol. The van der Waals surface area contributed by atoms with Gasteiger partial charge >= 0.3 is 0 Å². The minimum atomic E-state index is -0.118. The Balaban J connectivity index is 2.28. The predicted molar refractivity (Wildman–Crippen MR) is 170 cm³/mol. The quantitative estimate of drug-likeness (QED) is 0.188. The first-order valence-electron chi connectivity index (χ1n) is 14.2. The van der Waals surface area contributed by atoms with Crippen molar-refractivity contribution >= 4 is 8.58 Å². The number of hydrogen-bond donors (Lipinski definition) is 0. The largest absolute Gasteiger partial charge is 0.496 e. The van der Waals surface area contributed by atoms with E-state index in [1.54, 1.807) is 7.11 Å². The van der Waals surface area contributed by atoms with E-state index in [0.29, 0.717) is 20.4 Å². The van der Waals surface area contributed by atoms with Crippen LogP contribution < -0.4 is 4.74 Å². The third kappa shape index (κ3) is 7.72. The van der Waals surface area contributed by atoms with Crippen LogP contribution in [0.3, 0.4) is 0 Å². The lowest BCUT2D eigenvalue weighted by atomic mass is 9.82. The van der Waals surface area contributed by atoms with Gasteiger partial charge in [0.15, 0.2) is 0 Å². The van der Waals surface area contributed by atoms with Crippen molar-refractivity contribution in [3.05, 3.63) is 78.4 Å². The fourth-order valence-electron chi connectivity index (χ4n) is 6.69. The third-order valence-corrected chi connectivity index (χ3v) is 9.58. The average molecular weight is 549 g/mol. The molecule has 0 saturated carbocycles. The molecule has 4 unspecified atom stereocenters. The maximum Gasteiger partial charge on any atom is 0.126 e. The molecule has 0 aromatic heterocycles. The van der Waals surface area contributed by atoms with Gasteiger partial charge in [0.05, 0.1) is 19.8 Å². The van der Waals surface area contributed by atoms with Crippen LogP contribution in [0.4, 0.5) is 0 Å². The summed E-state index contributed by atoms with van der Waals surface area (Å²) in [5.41, 5.74) is 6.19. The summed E-state index contributed by atoms with van der Waals surface area (Å²) in [4.78, 5) is 0. The lowest BCUT2D eigenvalue weighted by Gasteiger charge is -2.46. The van der Waals surface area contributed by atoms with Gasteiger partial charge in [0.2, 0.25) is 0 Å². The minimum absolute atomic E-state index is 0.0512. The van der Waals surface area contributed by atoms with Gasteiger partial charge in [-0.1, -0.05) is 108 Å². The van der Waals surface area contributed by atoms with Crippen LogP contribution in [-0.4, -0.2) is 44.4 Å². The van der Waals surface area contributed by atoms with E-state index in [1.165, 1.54) is 22.3 Å². The van der Waals surface area contributed by atoms with Crippen LogP contribution in [0.25, 0.3) is 22.3 Å². The molecule has 3 aromatic rings. The molecule has 0 spiro atoms. The van der Waals surface area contributed by atoms with E-state index in [0.717, 1.165) is 30.8 Å². The van der Waals surface area contributed by atoms with Crippen LogP contribution in [0, 0.1) is 11.8 Å². The van der Waals surface area contributed by atoms with E-state index in [-0.39, 0.29) is 16.4 Å². The Labute approximate surface area is 239 Å². The molecule has 0 aliphatic carbocycles. The van der Waals surface area contributed by atoms with E-state index in [9.17, 15) is 0 Å². The number of ether oxygens (including phenoxy) is 3. The highest BCUT2D eigenvalue weighted by Crippen LogP contribution is 2.53. The van der Waals surface area contributed by atoms with Crippen LogP contribution in [0.15, 0.2) is 72.8 Å². The van der Waals surface area contributed by atoms with E-state index in [4.69, 9.17) is 14.2 Å². The van der Waals surface area contributed by atoms with Gasteiger partial charge in [-0.15, -0.1) is 8.58 Å². The summed E-state index contributed by atoms with van der Waals surface area (Å²) in [7, 11) is 6.12. The van der Waals surface area contributed by atoms with E-state index in [2.05, 4.69) is 108 Å². The summed E-state index contributed by atoms with van der Waals surface area (Å²) in [5, 5.41) is -0.0671. The van der Waals surface area contributed by atoms with Crippen LogP contribution in [-0.2, 0) is 15.9 Å². The summed E-state index contributed by atoms with van der Waals surface area (Å²) in [5.74, 6) is 1.85. The molecule has 3 rings (SSSR count). The zero-order valence-corrected chi connectivity index (χ0v) is 26.5. The first-order valence-corrected chi connectivity index (χ1v) is 15.2. The molecule has 39 heavy (non-hydrogen) atoms. The summed E-state index contributed by atoms with van der Waals surface area (Å²) in [6.45, 7) is 14.8. The molecule has 0 N–H and O–H groups in total. The fraction of sp³-hybridized carbons (Fsp3) is 0.486. The Morgan fingerprint density at radius 1 is 0.744 bits per heavy atom. The number of para-hydroxylation sites is 1. The van der Waals surface area contributed by atoms with Crippen molar-refractivity contribution in [1.82, 2.24) is 0 Å². The normalized spacial score (nSPS) is 16.0. The molecule has 0 heterocycles. The zero-order valence-electron chi connectivity index (χ0n) is 25.5. The molecule has 0 fully saturated rings. The molecular formula is C35H49O3P. The lowest BCUT2D eigenvalue weighted by Crippen LogP contribution is -2.46. The van der Waals surface area contributed by atoms with Crippen molar-refractivity contribution in [1.29, 1.82) is 0 Å². The topological polar surface area (TPSA) is 27.7 Å². The van der Waals surface area contributed by atoms with Crippen molar-refractivity contribution in [3.8, 4) is 28.0 Å². The SMILES string of the molecule is COCC(C)(CC(C)C)PC(C)(Cc1c(-c2ccccc2)cccc1-c1ccccc1OC)C(OC)C(C)C. The molecular weight excluding hydrogens is 499 g/mol. The summed E-state index contributed by atoms with van der Waals surface area (Å²) in [6, 6.07) is 25.8. The van der Waals surface area contributed by atoms with Gasteiger partial charge in [-0.25, -0.2) is 0 Å². The molecule has 0 aliphatic heterocycles. The van der Waals surface area contributed by atoms with Gasteiger partial charge in [0.25, 0.3) is 0 Å². The Hall–Kier alpha value is -2.19. The van der Waals surface area contributed by atoms with Crippen LogP contribution in [0.5, 0.6) is 5.75 Å². The molecule has 212 valence electrons. The Morgan fingerprint density at radius 2 is 1.36 bits per heavy atom. The fourth-order valence-corrected chi connectivity index (χ4v) is 9.66. The molecule has 4 atom stereocenters. The Morgan fingerprint density at radius 3 is 1.95 bits per heavy atom. The van der Waals surface area contributed by atoms with Crippen molar-refractivity contribution in [2.24, 2.45) is 11.8 Å². The predicted octanol–water partition coefficient (Wildman–Crippen LogP) is 9.13. The van der Waals surface area contributed by atoms with Crippen molar-refractivity contribution < 1.29 is 14.2 Å². The highest BCUT2D eigenvalue weighted by atomic mass is 31.1. The Bertz CT molecular complexity index is 1180. The highest BCUT2D eigenvalue weighted by Gasteiger charge is 2.43. The number of methoxy groups -OCH3 is 3. The first kappa shape index (κ1) is 31.3. The van der Waals surface area contributed by atoms with Crippen molar-refractivity contribution in [3.63, 3.8) is 0 Å². The molecule has 0 radical (unpaired) electrons. The average Bonchev–Trinajstić information content (AvgIpc) is 2.88. The molecule has 4 heteroatoms. The molecule has 0 amide bonds. The third-order valence-electron chi connectivity index (χ3n) is 7.60. The van der Waals surface area contributed by atoms with Crippen LogP contribution in [0.1, 0.15) is 53.5 Å². The van der Waals surface area contributed by atoms with Crippen molar-refractivity contribution in [2.45, 2.75) is 70.8 Å². The lowest BCUT2D eigenvalue weighted by molar-refractivity contribution is 0.0345. The van der Waals surface area contributed by atoms with E-state index < -0.39 is 0 Å². The molecule has 0 aliphatic rings. The van der Waals surface area contributed by atoms with Gasteiger partial charge in [-0.3, -0.25) is 0 Å².